The molecule has 1 aromatic rings. The fraction of sp³-hybridized carbons (Fsp3) is 0.462. The van der Waals surface area contributed by atoms with Crippen LogP contribution in [-0.4, -0.2) is 27.6 Å². The van der Waals surface area contributed by atoms with Crippen LogP contribution in [0.25, 0.3) is 0 Å². The monoisotopic (exact) mass is 285 g/mol. The first-order valence-corrected chi connectivity index (χ1v) is 7.36. The Kier molecular flexibility index (Phi) is 7.27. The highest BCUT2D eigenvalue weighted by Crippen LogP contribution is 2.17. The lowest BCUT2D eigenvalue weighted by atomic mass is 10.2. The number of rotatable bonds is 6. The van der Waals surface area contributed by atoms with Crippen molar-refractivity contribution in [1.29, 1.82) is 0 Å². The molecule has 100 valence electrons. The van der Waals surface area contributed by atoms with Crippen LogP contribution in [0.3, 0.4) is 0 Å². The number of thioether (sulfide) groups is 1. The van der Waals surface area contributed by atoms with E-state index in [0.717, 1.165) is 28.7 Å². The van der Waals surface area contributed by atoms with Crippen molar-refractivity contribution in [2.24, 2.45) is 0 Å². The van der Waals surface area contributed by atoms with E-state index < -0.39 is 0 Å². The highest BCUT2D eigenvalue weighted by Gasteiger charge is 2.06. The quantitative estimate of drug-likeness (QED) is 0.491. The molecule has 0 aliphatic heterocycles. The zero-order chi connectivity index (χ0) is 13.4. The maximum absolute atomic E-state index is 8.35. The van der Waals surface area contributed by atoms with Crippen molar-refractivity contribution in [1.82, 2.24) is 4.90 Å². The van der Waals surface area contributed by atoms with Crippen LogP contribution >= 0.6 is 24.0 Å². The molecule has 0 unspecified atom stereocenters. The van der Waals surface area contributed by atoms with E-state index >= 15 is 0 Å². The summed E-state index contributed by atoms with van der Waals surface area (Å²) in [7, 11) is 0. The Morgan fingerprint density at radius 2 is 1.78 bits per heavy atom. The molecule has 3 nitrogen and oxygen atoms in total. The van der Waals surface area contributed by atoms with Gasteiger partial charge in [0.15, 0.2) is 0 Å². The second kappa shape index (κ2) is 8.48. The summed E-state index contributed by atoms with van der Waals surface area (Å²) in [5.41, 5.74) is 2.17. The van der Waals surface area contributed by atoms with Gasteiger partial charge in [0, 0.05) is 18.8 Å². The summed E-state index contributed by atoms with van der Waals surface area (Å²) in [6.07, 6.45) is 0. The maximum atomic E-state index is 8.35. The van der Waals surface area contributed by atoms with Gasteiger partial charge in [-0.3, -0.25) is 5.26 Å². The van der Waals surface area contributed by atoms with Crippen LogP contribution in [0.1, 0.15) is 25.0 Å². The highest BCUT2D eigenvalue weighted by molar-refractivity contribution is 8.22. The molecular formula is C13H19NO2S2. The van der Waals surface area contributed by atoms with Crippen molar-refractivity contribution in [2.45, 2.75) is 26.2 Å². The first kappa shape index (κ1) is 15.4. The van der Waals surface area contributed by atoms with Crippen LogP contribution in [0.2, 0.25) is 0 Å². The average molecular weight is 285 g/mol. The Morgan fingerprint density at radius 1 is 1.22 bits per heavy atom. The Bertz CT molecular complexity index is 364. The Balaban J connectivity index is 2.45. The molecule has 0 saturated heterocycles. The van der Waals surface area contributed by atoms with Crippen LogP contribution in [-0.2, 0) is 17.2 Å². The summed E-state index contributed by atoms with van der Waals surface area (Å²) in [6, 6.07) is 7.97. The normalized spacial score (nSPS) is 10.4. The molecule has 0 spiro atoms. The van der Waals surface area contributed by atoms with Gasteiger partial charge < -0.3 is 4.90 Å². The third-order valence-electron chi connectivity index (χ3n) is 2.64. The molecule has 0 atom stereocenters. The molecule has 5 heteroatoms. The van der Waals surface area contributed by atoms with E-state index in [1.54, 1.807) is 11.8 Å². The van der Waals surface area contributed by atoms with E-state index in [-0.39, 0.29) is 6.61 Å². The molecule has 0 fully saturated rings. The Labute approximate surface area is 118 Å². The van der Waals surface area contributed by atoms with Gasteiger partial charge >= 0.3 is 0 Å². The van der Waals surface area contributed by atoms with Crippen LogP contribution < -0.4 is 0 Å². The smallest absolute Gasteiger partial charge is 0.136 e. The molecule has 0 aromatic heterocycles. The summed E-state index contributed by atoms with van der Waals surface area (Å²) < 4.78 is 0.947. The number of hydrogen-bond acceptors (Lipinski definition) is 4. The third kappa shape index (κ3) is 4.94. The van der Waals surface area contributed by atoms with Gasteiger partial charge in [0.2, 0.25) is 0 Å². The van der Waals surface area contributed by atoms with E-state index in [0.29, 0.717) is 0 Å². The van der Waals surface area contributed by atoms with Crippen LogP contribution in [0.4, 0.5) is 0 Å². The summed E-state index contributed by atoms with van der Waals surface area (Å²) in [5.74, 6) is 0.871. The van der Waals surface area contributed by atoms with E-state index in [2.05, 4.69) is 23.6 Å². The first-order chi connectivity index (χ1) is 8.71. The van der Waals surface area contributed by atoms with Crippen LogP contribution in [0.15, 0.2) is 24.3 Å². The number of nitrogens with zero attached hydrogens (tertiary/aromatic N) is 1. The van der Waals surface area contributed by atoms with Gasteiger partial charge in [-0.1, -0.05) is 48.2 Å². The minimum absolute atomic E-state index is 0.227. The van der Waals surface area contributed by atoms with Gasteiger partial charge in [0.05, 0.1) is 0 Å². The molecule has 0 saturated carbocycles. The van der Waals surface area contributed by atoms with Gasteiger partial charge in [0.1, 0.15) is 10.9 Å². The van der Waals surface area contributed by atoms with Crippen molar-refractivity contribution in [3.8, 4) is 0 Å². The molecule has 0 heterocycles. The summed E-state index contributed by atoms with van der Waals surface area (Å²) in [4.78, 5) is 6.27. The largest absolute Gasteiger partial charge is 0.358 e. The zero-order valence-electron chi connectivity index (χ0n) is 10.8. The fourth-order valence-corrected chi connectivity index (χ4v) is 2.88. The number of benzene rings is 1. The van der Waals surface area contributed by atoms with Gasteiger partial charge in [-0.25, -0.2) is 4.89 Å². The molecule has 1 rings (SSSR count). The summed E-state index contributed by atoms with van der Waals surface area (Å²) in [6.45, 7) is 6.36. The van der Waals surface area contributed by atoms with Crippen molar-refractivity contribution in [3.63, 3.8) is 0 Å². The molecular weight excluding hydrogens is 266 g/mol. The molecule has 0 aliphatic carbocycles. The highest BCUT2D eigenvalue weighted by atomic mass is 32.2. The van der Waals surface area contributed by atoms with Gasteiger partial charge in [0.25, 0.3) is 0 Å². The lowest BCUT2D eigenvalue weighted by Crippen LogP contribution is -2.26. The van der Waals surface area contributed by atoms with Gasteiger partial charge in [-0.2, -0.15) is 0 Å². The number of thiocarbonyl (C=S) groups is 1. The fourth-order valence-electron chi connectivity index (χ4n) is 1.52. The summed E-state index contributed by atoms with van der Waals surface area (Å²) >= 11 is 7.06. The minimum Gasteiger partial charge on any atom is -0.358 e. The average Bonchev–Trinajstić information content (AvgIpc) is 2.40. The molecule has 0 aliphatic rings. The Hall–Kier alpha value is -0.620. The van der Waals surface area contributed by atoms with Crippen molar-refractivity contribution in [2.75, 3.05) is 13.1 Å². The van der Waals surface area contributed by atoms with Crippen molar-refractivity contribution in [3.05, 3.63) is 35.4 Å². The van der Waals surface area contributed by atoms with Crippen LogP contribution in [0.5, 0.6) is 0 Å². The lowest BCUT2D eigenvalue weighted by molar-refractivity contribution is -0.253. The summed E-state index contributed by atoms with van der Waals surface area (Å²) in [5, 5.41) is 8.35. The Morgan fingerprint density at radius 3 is 2.28 bits per heavy atom. The SMILES string of the molecule is CCN(CC)C(=S)SCc1ccc(COO)cc1. The van der Waals surface area contributed by atoms with E-state index in [1.807, 2.05) is 24.3 Å². The second-order valence-electron chi connectivity index (χ2n) is 3.82. The standard InChI is InChI=1S/C13H19NO2S2/c1-3-14(4-2)13(17)18-10-12-7-5-11(6-8-12)9-16-15/h5-8,15H,3-4,9-10H2,1-2H3. The van der Waals surface area contributed by atoms with Crippen molar-refractivity contribution < 1.29 is 10.1 Å². The topological polar surface area (TPSA) is 32.7 Å². The van der Waals surface area contributed by atoms with E-state index in [1.165, 1.54) is 5.56 Å². The van der Waals surface area contributed by atoms with Crippen molar-refractivity contribution >= 4 is 28.3 Å². The second-order valence-corrected chi connectivity index (χ2v) is 5.43. The molecule has 0 amide bonds. The van der Waals surface area contributed by atoms with E-state index in [4.69, 9.17) is 17.5 Å². The lowest BCUT2D eigenvalue weighted by Gasteiger charge is -2.20. The van der Waals surface area contributed by atoms with Gasteiger partial charge in [-0.15, -0.1) is 0 Å². The van der Waals surface area contributed by atoms with Crippen LogP contribution in [0, 0.1) is 0 Å². The first-order valence-electron chi connectivity index (χ1n) is 5.97. The molecule has 18 heavy (non-hydrogen) atoms. The predicted molar refractivity (Wildman–Crippen MR) is 80.7 cm³/mol. The molecule has 0 radical (unpaired) electrons. The third-order valence-corrected chi connectivity index (χ3v) is 4.23. The van der Waals surface area contributed by atoms with Gasteiger partial charge in [-0.05, 0) is 25.0 Å². The predicted octanol–water partition coefficient (Wildman–Crippen LogP) is 3.54. The number of hydrogen-bond donors (Lipinski definition) is 1. The maximum Gasteiger partial charge on any atom is 0.136 e. The van der Waals surface area contributed by atoms with E-state index in [9.17, 15) is 0 Å². The molecule has 1 aromatic carbocycles. The molecule has 1 N–H and O–H groups in total. The minimum atomic E-state index is 0.227. The molecule has 0 bridgehead atoms. The zero-order valence-corrected chi connectivity index (χ0v) is 12.4.